The van der Waals surface area contributed by atoms with Crippen molar-refractivity contribution in [2.75, 3.05) is 13.6 Å². The minimum Gasteiger partial charge on any atom is -0.320 e. The lowest BCUT2D eigenvalue weighted by molar-refractivity contribution is 0.0980. The molecule has 4 heteroatoms. The van der Waals surface area contributed by atoms with Crippen LogP contribution in [0.15, 0.2) is 15.2 Å². The molecule has 0 aliphatic carbocycles. The largest absolute Gasteiger partial charge is 0.320 e. The summed E-state index contributed by atoms with van der Waals surface area (Å²) in [6.07, 6.45) is 1.52. The lowest BCUT2D eigenvalue weighted by atomic mass is 10.1. The maximum Gasteiger partial charge on any atom is 0.164 e. The summed E-state index contributed by atoms with van der Waals surface area (Å²) in [5.74, 6) is 0.225. The van der Waals surface area contributed by atoms with Crippen molar-refractivity contribution in [3.8, 4) is 0 Å². The van der Waals surface area contributed by atoms with Crippen molar-refractivity contribution >= 4 is 33.0 Å². The molecule has 0 radical (unpaired) electrons. The third kappa shape index (κ3) is 3.21. The van der Waals surface area contributed by atoms with Crippen molar-refractivity contribution in [2.45, 2.75) is 12.8 Å². The van der Waals surface area contributed by atoms with E-state index >= 15 is 0 Å². The summed E-state index contributed by atoms with van der Waals surface area (Å²) < 4.78 is 0.923. The van der Waals surface area contributed by atoms with Gasteiger partial charge in [0.1, 0.15) is 0 Å². The van der Waals surface area contributed by atoms with E-state index in [4.69, 9.17) is 0 Å². The van der Waals surface area contributed by atoms with Crippen LogP contribution in [0.5, 0.6) is 0 Å². The Labute approximate surface area is 90.5 Å². The van der Waals surface area contributed by atoms with Gasteiger partial charge in [-0.05, 0) is 35.9 Å². The highest BCUT2D eigenvalue weighted by Crippen LogP contribution is 2.22. The average molecular weight is 262 g/mol. The highest BCUT2D eigenvalue weighted by atomic mass is 79.9. The van der Waals surface area contributed by atoms with Crippen LogP contribution in [0.3, 0.4) is 0 Å². The first-order valence-corrected chi connectivity index (χ1v) is 5.88. The Balaban J connectivity index is 2.45. The van der Waals surface area contributed by atoms with Crippen LogP contribution in [-0.4, -0.2) is 19.4 Å². The molecule has 13 heavy (non-hydrogen) atoms. The number of carbonyl (C=O) groups excluding carboxylic acids is 1. The average Bonchev–Trinajstić information content (AvgIpc) is 2.52. The molecule has 1 heterocycles. The SMILES string of the molecule is CNCCCC(=O)c1cscc1Br. The number of carbonyl (C=O) groups is 1. The third-order valence-electron chi connectivity index (χ3n) is 1.75. The van der Waals surface area contributed by atoms with E-state index in [-0.39, 0.29) is 5.78 Å². The van der Waals surface area contributed by atoms with Crippen LogP contribution in [0.2, 0.25) is 0 Å². The number of nitrogens with one attached hydrogen (secondary N) is 1. The van der Waals surface area contributed by atoms with Crippen LogP contribution >= 0.6 is 27.3 Å². The van der Waals surface area contributed by atoms with Gasteiger partial charge in [0.05, 0.1) is 0 Å². The molecule has 0 saturated carbocycles. The molecule has 0 aromatic carbocycles. The molecular formula is C9H12BrNOS. The van der Waals surface area contributed by atoms with Crippen LogP contribution in [-0.2, 0) is 0 Å². The summed E-state index contributed by atoms with van der Waals surface area (Å²) in [4.78, 5) is 11.6. The first-order valence-electron chi connectivity index (χ1n) is 4.15. The van der Waals surface area contributed by atoms with E-state index < -0.39 is 0 Å². The van der Waals surface area contributed by atoms with Gasteiger partial charge >= 0.3 is 0 Å². The summed E-state index contributed by atoms with van der Waals surface area (Å²) >= 11 is 4.90. The predicted octanol–water partition coefficient (Wildman–Crippen LogP) is 2.69. The lowest BCUT2D eigenvalue weighted by Gasteiger charge is -1.98. The Kier molecular flexibility index (Phi) is 4.62. The molecule has 72 valence electrons. The normalized spacial score (nSPS) is 10.3. The Morgan fingerprint density at radius 3 is 2.92 bits per heavy atom. The van der Waals surface area contributed by atoms with Gasteiger partial charge in [-0.2, -0.15) is 11.3 Å². The molecule has 0 unspecified atom stereocenters. The Hall–Kier alpha value is -0.190. The zero-order valence-corrected chi connectivity index (χ0v) is 9.87. The van der Waals surface area contributed by atoms with Gasteiger partial charge in [-0.1, -0.05) is 0 Å². The standard InChI is InChI=1S/C9H12BrNOS/c1-11-4-2-3-9(12)7-5-13-6-8(7)10/h5-6,11H,2-4H2,1H3. The van der Waals surface area contributed by atoms with Gasteiger partial charge < -0.3 is 5.32 Å². The molecule has 1 aromatic heterocycles. The van der Waals surface area contributed by atoms with Gasteiger partial charge in [0.2, 0.25) is 0 Å². The minimum atomic E-state index is 0.225. The second kappa shape index (κ2) is 5.52. The number of rotatable bonds is 5. The van der Waals surface area contributed by atoms with Crippen LogP contribution in [0, 0.1) is 0 Å². The molecule has 0 aliphatic heterocycles. The van der Waals surface area contributed by atoms with E-state index in [9.17, 15) is 4.79 Å². The molecule has 1 rings (SSSR count). The van der Waals surface area contributed by atoms with Crippen molar-refractivity contribution in [1.82, 2.24) is 5.32 Å². The summed E-state index contributed by atoms with van der Waals surface area (Å²) in [5.41, 5.74) is 0.820. The molecular weight excluding hydrogens is 250 g/mol. The topological polar surface area (TPSA) is 29.1 Å². The first-order chi connectivity index (χ1) is 6.25. The van der Waals surface area contributed by atoms with Crippen molar-refractivity contribution in [3.05, 3.63) is 20.8 Å². The Morgan fingerprint density at radius 2 is 2.38 bits per heavy atom. The summed E-state index contributed by atoms with van der Waals surface area (Å²) in [6.45, 7) is 0.896. The second-order valence-corrected chi connectivity index (χ2v) is 4.36. The Morgan fingerprint density at radius 1 is 1.62 bits per heavy atom. The fourth-order valence-corrected chi connectivity index (χ4v) is 2.56. The molecule has 0 spiro atoms. The molecule has 1 aromatic rings. The van der Waals surface area contributed by atoms with E-state index in [1.165, 1.54) is 0 Å². The number of Topliss-reactive ketones (excluding diaryl/α,β-unsaturated/α-hetero) is 1. The highest BCUT2D eigenvalue weighted by molar-refractivity contribution is 9.10. The fourth-order valence-electron chi connectivity index (χ4n) is 1.04. The van der Waals surface area contributed by atoms with Gasteiger partial charge in [-0.3, -0.25) is 4.79 Å². The third-order valence-corrected chi connectivity index (χ3v) is 3.45. The minimum absolute atomic E-state index is 0.225. The molecule has 2 nitrogen and oxygen atoms in total. The molecule has 0 fully saturated rings. The maximum atomic E-state index is 11.6. The summed E-state index contributed by atoms with van der Waals surface area (Å²) in [7, 11) is 1.89. The number of hydrogen-bond acceptors (Lipinski definition) is 3. The molecule has 1 N–H and O–H groups in total. The van der Waals surface area contributed by atoms with Crippen molar-refractivity contribution in [3.63, 3.8) is 0 Å². The van der Waals surface area contributed by atoms with E-state index in [0.717, 1.165) is 23.0 Å². The highest BCUT2D eigenvalue weighted by Gasteiger charge is 2.09. The van der Waals surface area contributed by atoms with E-state index in [2.05, 4.69) is 21.2 Å². The maximum absolute atomic E-state index is 11.6. The molecule has 0 atom stereocenters. The van der Waals surface area contributed by atoms with Gasteiger partial charge in [-0.25, -0.2) is 0 Å². The first kappa shape index (κ1) is 10.9. The van der Waals surface area contributed by atoms with Gasteiger partial charge in [-0.15, -0.1) is 0 Å². The van der Waals surface area contributed by atoms with Crippen LogP contribution in [0.1, 0.15) is 23.2 Å². The van der Waals surface area contributed by atoms with E-state index in [1.807, 2.05) is 17.8 Å². The van der Waals surface area contributed by atoms with Gasteiger partial charge in [0.15, 0.2) is 5.78 Å². The fraction of sp³-hybridized carbons (Fsp3) is 0.444. The number of hydrogen-bond donors (Lipinski definition) is 1. The number of thiophene rings is 1. The van der Waals surface area contributed by atoms with Crippen LogP contribution < -0.4 is 5.32 Å². The molecule has 0 saturated heterocycles. The van der Waals surface area contributed by atoms with Gasteiger partial charge in [0.25, 0.3) is 0 Å². The van der Waals surface area contributed by atoms with Crippen LogP contribution in [0.25, 0.3) is 0 Å². The monoisotopic (exact) mass is 261 g/mol. The number of ketones is 1. The van der Waals surface area contributed by atoms with Crippen molar-refractivity contribution < 1.29 is 4.79 Å². The predicted molar refractivity (Wildman–Crippen MR) is 59.5 cm³/mol. The molecule has 0 aliphatic rings. The quantitative estimate of drug-likeness (QED) is 0.653. The molecule has 0 bridgehead atoms. The van der Waals surface area contributed by atoms with E-state index in [0.29, 0.717) is 6.42 Å². The molecule has 0 amide bonds. The summed E-state index contributed by atoms with van der Waals surface area (Å²) in [5, 5.41) is 6.85. The van der Waals surface area contributed by atoms with Crippen LogP contribution in [0.4, 0.5) is 0 Å². The Bertz CT molecular complexity index is 285. The van der Waals surface area contributed by atoms with Crippen molar-refractivity contribution in [1.29, 1.82) is 0 Å². The second-order valence-electron chi connectivity index (χ2n) is 2.76. The van der Waals surface area contributed by atoms with E-state index in [1.54, 1.807) is 11.3 Å². The zero-order chi connectivity index (χ0) is 9.68. The number of halogens is 1. The smallest absolute Gasteiger partial charge is 0.164 e. The summed E-state index contributed by atoms with van der Waals surface area (Å²) in [6, 6.07) is 0. The van der Waals surface area contributed by atoms with Crippen molar-refractivity contribution in [2.24, 2.45) is 0 Å². The van der Waals surface area contributed by atoms with Gasteiger partial charge in [0, 0.05) is 27.2 Å². The lowest BCUT2D eigenvalue weighted by Crippen LogP contribution is -2.09. The zero-order valence-electron chi connectivity index (χ0n) is 7.47.